The zero-order chi connectivity index (χ0) is 26.1. The van der Waals surface area contributed by atoms with Crippen LogP contribution < -0.4 is 0 Å². The molecule has 2 aromatic carbocycles. The molecule has 0 aliphatic carbocycles. The second-order valence-corrected chi connectivity index (χ2v) is 8.10. The summed E-state index contributed by atoms with van der Waals surface area (Å²) in [6.07, 6.45) is -9.51. The fourth-order valence-corrected chi connectivity index (χ4v) is 3.59. The second kappa shape index (κ2) is 12.9. The number of nitrogens with zero attached hydrogens (tertiary/aromatic N) is 1. The van der Waals surface area contributed by atoms with Crippen molar-refractivity contribution in [1.29, 1.82) is 0 Å². The molecule has 11 heteroatoms. The Morgan fingerprint density at radius 1 is 1.00 bits per heavy atom. The largest absolute Gasteiger partial charge is 0.468 e. The minimum atomic E-state index is -4.95. The van der Waals surface area contributed by atoms with E-state index in [-0.39, 0.29) is 11.3 Å². The molecule has 7 nitrogen and oxygen atoms in total. The molecule has 1 aliphatic heterocycles. The molecule has 2 aromatic rings. The lowest BCUT2D eigenvalue weighted by molar-refractivity contribution is -0.278. The first-order chi connectivity index (χ1) is 17.2. The van der Waals surface area contributed by atoms with Gasteiger partial charge in [0.05, 0.1) is 17.4 Å². The Balaban J connectivity index is 1.90. The molecule has 3 rings (SSSR count). The number of alkyl halides is 3. The zero-order valence-corrected chi connectivity index (χ0v) is 19.9. The summed E-state index contributed by atoms with van der Waals surface area (Å²) in [5.41, 5.74) is 0.255. The molecule has 0 N–H and O–H groups in total. The van der Waals surface area contributed by atoms with Gasteiger partial charge in [0.15, 0.2) is 6.10 Å². The van der Waals surface area contributed by atoms with Gasteiger partial charge < -0.3 is 23.6 Å². The van der Waals surface area contributed by atoms with Gasteiger partial charge in [-0.25, -0.2) is 9.79 Å². The third-order valence-corrected chi connectivity index (χ3v) is 5.40. The molecule has 1 fully saturated rings. The Hall–Kier alpha value is -2.89. The van der Waals surface area contributed by atoms with Crippen molar-refractivity contribution in [2.24, 2.45) is 4.99 Å². The summed E-state index contributed by atoms with van der Waals surface area (Å²) >= 11 is 0. The van der Waals surface area contributed by atoms with Crippen LogP contribution in [0.1, 0.15) is 37.0 Å². The quantitative estimate of drug-likeness (QED) is 0.158. The highest BCUT2D eigenvalue weighted by Crippen LogP contribution is 2.32. The summed E-state index contributed by atoms with van der Waals surface area (Å²) in [5.74, 6) is -2.29. The van der Waals surface area contributed by atoms with Crippen molar-refractivity contribution in [3.63, 3.8) is 0 Å². The molecule has 0 saturated carbocycles. The van der Waals surface area contributed by atoms with E-state index in [4.69, 9.17) is 31.7 Å². The van der Waals surface area contributed by atoms with Crippen LogP contribution in [0.3, 0.4) is 0 Å². The van der Waals surface area contributed by atoms with Crippen LogP contribution in [0, 0.1) is 0 Å². The lowest BCUT2D eigenvalue weighted by atomic mass is 9.98. The minimum Gasteiger partial charge on any atom is -0.453 e. The number of unbranched alkanes of at least 4 members (excludes halogenated alkanes) is 1. The van der Waals surface area contributed by atoms with Crippen LogP contribution in [0.15, 0.2) is 65.7 Å². The zero-order valence-electron chi connectivity index (χ0n) is 19.9. The summed E-state index contributed by atoms with van der Waals surface area (Å²) in [4.78, 5) is 16.4. The lowest BCUT2D eigenvalue weighted by Crippen LogP contribution is -2.61. The standard InChI is InChI=1S/C25H27BF3NO6/c1-3-4-15-32-19-16(2)33-23(35-24(25(27,28)29)30-18-13-9-6-10-14-18)21(36-26)20(19)34-22(31)17-11-7-5-8-12-17/h5-14,16,19-21,23H,3-4,15H2,1-2H3/t16?,19-,20-,21?,23-/m0/s1. The van der Waals surface area contributed by atoms with Crippen molar-refractivity contribution >= 4 is 25.6 Å². The van der Waals surface area contributed by atoms with Crippen LogP contribution in [-0.2, 0) is 23.6 Å². The van der Waals surface area contributed by atoms with Crippen molar-refractivity contribution in [3.8, 4) is 0 Å². The van der Waals surface area contributed by atoms with Crippen LogP contribution in [-0.4, -0.2) is 63.4 Å². The Kier molecular flexibility index (Phi) is 9.92. The molecule has 1 saturated heterocycles. The van der Waals surface area contributed by atoms with Gasteiger partial charge in [0.2, 0.25) is 6.29 Å². The van der Waals surface area contributed by atoms with E-state index in [1.807, 2.05) is 6.92 Å². The van der Waals surface area contributed by atoms with Crippen molar-refractivity contribution in [3.05, 3.63) is 66.2 Å². The van der Waals surface area contributed by atoms with E-state index >= 15 is 0 Å². The van der Waals surface area contributed by atoms with E-state index in [2.05, 4.69) is 4.99 Å². The third-order valence-electron chi connectivity index (χ3n) is 5.40. The number of carbonyl (C=O) groups is 1. The molecule has 2 unspecified atom stereocenters. The fourth-order valence-electron chi connectivity index (χ4n) is 3.59. The lowest BCUT2D eigenvalue weighted by Gasteiger charge is -2.44. The SMILES string of the molecule is [B]OC1[C@H](OC(=Nc2ccccc2)C(F)(F)F)OC(C)[C@H](OCCCC)[C@@H]1OC(=O)c1ccccc1. The average Bonchev–Trinajstić information content (AvgIpc) is 2.86. The van der Waals surface area contributed by atoms with Gasteiger partial charge in [0.25, 0.3) is 13.9 Å². The second-order valence-electron chi connectivity index (χ2n) is 8.10. The number of aliphatic imine (C=N–C) groups is 1. The molecular weight excluding hydrogens is 478 g/mol. The highest BCUT2D eigenvalue weighted by atomic mass is 19.4. The van der Waals surface area contributed by atoms with E-state index in [9.17, 15) is 18.0 Å². The number of ether oxygens (including phenoxy) is 4. The number of hydrogen-bond acceptors (Lipinski definition) is 7. The predicted molar refractivity (Wildman–Crippen MR) is 126 cm³/mol. The summed E-state index contributed by atoms with van der Waals surface area (Å²) in [5, 5.41) is 0. The van der Waals surface area contributed by atoms with Crippen LogP contribution in [0.4, 0.5) is 18.9 Å². The number of carbonyl (C=O) groups excluding carboxylic acids is 1. The molecular formula is C25H27BF3NO6. The van der Waals surface area contributed by atoms with Gasteiger partial charge in [-0.05, 0) is 37.6 Å². The average molecular weight is 505 g/mol. The molecule has 1 heterocycles. The smallest absolute Gasteiger partial charge is 0.453 e. The van der Waals surface area contributed by atoms with Gasteiger partial charge in [0.1, 0.15) is 12.2 Å². The van der Waals surface area contributed by atoms with Gasteiger partial charge in [0, 0.05) is 6.61 Å². The number of rotatable bonds is 9. The predicted octanol–water partition coefficient (Wildman–Crippen LogP) is 4.92. The molecule has 2 radical (unpaired) electrons. The number of esters is 1. The Bertz CT molecular complexity index is 992. The molecule has 0 amide bonds. The molecule has 0 spiro atoms. The normalized spacial score (nSPS) is 24.8. The summed E-state index contributed by atoms with van der Waals surface area (Å²) < 4.78 is 68.8. The van der Waals surface area contributed by atoms with Crippen LogP contribution >= 0.6 is 0 Å². The minimum absolute atomic E-state index is 0.0201. The van der Waals surface area contributed by atoms with Crippen molar-refractivity contribution < 1.29 is 41.6 Å². The summed E-state index contributed by atoms with van der Waals surface area (Å²) in [7, 11) is 5.47. The van der Waals surface area contributed by atoms with Crippen LogP contribution in [0.5, 0.6) is 0 Å². The highest BCUT2D eigenvalue weighted by Gasteiger charge is 2.51. The van der Waals surface area contributed by atoms with E-state index in [0.29, 0.717) is 13.0 Å². The van der Waals surface area contributed by atoms with E-state index in [1.54, 1.807) is 43.3 Å². The first-order valence-corrected chi connectivity index (χ1v) is 11.5. The first kappa shape index (κ1) is 27.7. The van der Waals surface area contributed by atoms with Gasteiger partial charge in [-0.15, -0.1) is 0 Å². The van der Waals surface area contributed by atoms with Crippen molar-refractivity contribution in [2.45, 2.75) is 63.6 Å². The third kappa shape index (κ3) is 7.31. The molecule has 5 atom stereocenters. The number of benzene rings is 2. The van der Waals surface area contributed by atoms with E-state index < -0.39 is 48.7 Å². The Labute approximate surface area is 209 Å². The highest BCUT2D eigenvalue weighted by molar-refractivity contribution is 5.98. The topological polar surface area (TPSA) is 75.6 Å². The van der Waals surface area contributed by atoms with Crippen molar-refractivity contribution in [1.82, 2.24) is 0 Å². The fraction of sp³-hybridized carbons (Fsp3) is 0.440. The van der Waals surface area contributed by atoms with Gasteiger partial charge in [-0.1, -0.05) is 49.7 Å². The maximum Gasteiger partial charge on any atom is 0.468 e. The van der Waals surface area contributed by atoms with Crippen LogP contribution in [0.2, 0.25) is 0 Å². The Morgan fingerprint density at radius 3 is 2.22 bits per heavy atom. The maximum atomic E-state index is 13.8. The summed E-state index contributed by atoms with van der Waals surface area (Å²) in [6, 6.07) is 15.6. The van der Waals surface area contributed by atoms with Crippen molar-refractivity contribution in [2.75, 3.05) is 6.61 Å². The molecule has 1 aliphatic rings. The van der Waals surface area contributed by atoms with Gasteiger partial charge >= 0.3 is 12.1 Å². The number of hydrogen-bond donors (Lipinski definition) is 0. The van der Waals surface area contributed by atoms with Crippen LogP contribution in [0.25, 0.3) is 0 Å². The first-order valence-electron chi connectivity index (χ1n) is 11.5. The van der Waals surface area contributed by atoms with Gasteiger partial charge in [-0.3, -0.25) is 0 Å². The van der Waals surface area contributed by atoms with Gasteiger partial charge in [-0.2, -0.15) is 13.2 Å². The summed E-state index contributed by atoms with van der Waals surface area (Å²) in [6.45, 7) is 3.85. The van der Waals surface area contributed by atoms with E-state index in [0.717, 1.165) is 6.42 Å². The molecule has 192 valence electrons. The number of halogens is 3. The number of para-hydroxylation sites is 1. The Morgan fingerprint density at radius 2 is 1.64 bits per heavy atom. The monoisotopic (exact) mass is 505 g/mol. The molecule has 0 bridgehead atoms. The maximum absolute atomic E-state index is 13.8. The molecule has 0 aromatic heterocycles. The van der Waals surface area contributed by atoms with E-state index in [1.165, 1.54) is 24.3 Å². The molecule has 36 heavy (non-hydrogen) atoms.